The van der Waals surface area contributed by atoms with Gasteiger partial charge in [0.1, 0.15) is 12.2 Å². The van der Waals surface area contributed by atoms with E-state index in [4.69, 9.17) is 4.74 Å². The van der Waals surface area contributed by atoms with Gasteiger partial charge < -0.3 is 14.6 Å². The molecule has 15 heavy (non-hydrogen) atoms. The standard InChI is InChI=1S/C9H7NO5/c11-9(12)8-7(15-8)5-1-3-6(4-2-5)10(13)14/h1-4,7-8H,(H,11,12)/p-1/t7-,8+/m0/s1. The third kappa shape index (κ3) is 1.79. The molecule has 0 unspecified atom stereocenters. The molecule has 6 nitrogen and oxygen atoms in total. The molecule has 2 rings (SSSR count). The Morgan fingerprint density at radius 2 is 1.93 bits per heavy atom. The molecule has 78 valence electrons. The summed E-state index contributed by atoms with van der Waals surface area (Å²) in [6.07, 6.45) is -1.46. The van der Waals surface area contributed by atoms with E-state index >= 15 is 0 Å². The molecule has 1 heterocycles. The number of nitro groups is 1. The first-order valence-corrected chi connectivity index (χ1v) is 4.20. The van der Waals surface area contributed by atoms with Gasteiger partial charge in [0.2, 0.25) is 0 Å². The van der Waals surface area contributed by atoms with Gasteiger partial charge in [-0.3, -0.25) is 10.1 Å². The van der Waals surface area contributed by atoms with Gasteiger partial charge in [0.25, 0.3) is 5.69 Å². The van der Waals surface area contributed by atoms with Crippen LogP contribution in [0, 0.1) is 10.1 Å². The normalized spacial score (nSPS) is 23.5. The van der Waals surface area contributed by atoms with E-state index in [1.165, 1.54) is 24.3 Å². The topological polar surface area (TPSA) is 95.8 Å². The van der Waals surface area contributed by atoms with Crippen molar-refractivity contribution in [3.8, 4) is 0 Å². The van der Waals surface area contributed by atoms with Crippen LogP contribution in [0.25, 0.3) is 0 Å². The fourth-order valence-electron chi connectivity index (χ4n) is 1.33. The van der Waals surface area contributed by atoms with Crippen LogP contribution in [-0.2, 0) is 9.53 Å². The number of hydrogen-bond donors (Lipinski definition) is 0. The number of hydrogen-bond acceptors (Lipinski definition) is 5. The minimum atomic E-state index is -1.27. The number of ether oxygens (including phenoxy) is 1. The summed E-state index contributed by atoms with van der Waals surface area (Å²) in [4.78, 5) is 20.2. The molecule has 2 atom stereocenters. The Bertz CT molecular complexity index is 413. The van der Waals surface area contributed by atoms with E-state index in [1.54, 1.807) is 0 Å². The summed E-state index contributed by atoms with van der Waals surface area (Å²) in [7, 11) is 0. The molecule has 0 bridgehead atoms. The highest BCUT2D eigenvalue weighted by atomic mass is 16.6. The van der Waals surface area contributed by atoms with Crippen LogP contribution in [0.3, 0.4) is 0 Å². The van der Waals surface area contributed by atoms with Crippen molar-refractivity contribution in [3.63, 3.8) is 0 Å². The van der Waals surface area contributed by atoms with Gasteiger partial charge in [0, 0.05) is 12.1 Å². The van der Waals surface area contributed by atoms with Crippen LogP contribution in [0.2, 0.25) is 0 Å². The largest absolute Gasteiger partial charge is 0.547 e. The monoisotopic (exact) mass is 208 g/mol. The molecule has 1 fully saturated rings. The molecule has 1 saturated heterocycles. The maximum atomic E-state index is 10.4. The van der Waals surface area contributed by atoms with Gasteiger partial charge in [0.15, 0.2) is 0 Å². The van der Waals surface area contributed by atoms with E-state index in [9.17, 15) is 20.0 Å². The molecule has 0 saturated carbocycles. The Morgan fingerprint density at radius 3 is 2.33 bits per heavy atom. The zero-order valence-electron chi connectivity index (χ0n) is 7.45. The Balaban J connectivity index is 2.12. The van der Waals surface area contributed by atoms with E-state index in [0.29, 0.717) is 5.56 Å². The lowest BCUT2D eigenvalue weighted by Crippen LogP contribution is -2.28. The van der Waals surface area contributed by atoms with Crippen molar-refractivity contribution in [3.05, 3.63) is 39.9 Å². The van der Waals surface area contributed by atoms with Crippen molar-refractivity contribution in [2.45, 2.75) is 12.2 Å². The van der Waals surface area contributed by atoms with Crippen LogP contribution < -0.4 is 5.11 Å². The molecule has 1 aromatic carbocycles. The molecular weight excluding hydrogens is 202 g/mol. The summed E-state index contributed by atoms with van der Waals surface area (Å²) in [6, 6.07) is 5.57. The van der Waals surface area contributed by atoms with E-state index in [0.717, 1.165) is 0 Å². The number of benzene rings is 1. The van der Waals surface area contributed by atoms with E-state index in [-0.39, 0.29) is 5.69 Å². The minimum Gasteiger partial charge on any atom is -0.547 e. The van der Waals surface area contributed by atoms with Crippen molar-refractivity contribution >= 4 is 11.7 Å². The molecule has 0 N–H and O–H groups in total. The van der Waals surface area contributed by atoms with Crippen molar-refractivity contribution in [1.82, 2.24) is 0 Å². The number of carbonyl (C=O) groups excluding carboxylic acids is 1. The Kier molecular flexibility index (Phi) is 2.12. The lowest BCUT2D eigenvalue weighted by molar-refractivity contribution is -0.384. The second kappa shape index (κ2) is 3.32. The summed E-state index contributed by atoms with van der Waals surface area (Å²) in [5.74, 6) is -1.27. The van der Waals surface area contributed by atoms with Crippen LogP contribution in [0.4, 0.5) is 5.69 Å². The van der Waals surface area contributed by atoms with E-state index < -0.39 is 23.1 Å². The molecule has 1 aliphatic heterocycles. The highest BCUT2D eigenvalue weighted by Crippen LogP contribution is 2.38. The molecule has 0 spiro atoms. The lowest BCUT2D eigenvalue weighted by Gasteiger charge is -1.96. The maximum Gasteiger partial charge on any atom is 0.269 e. The summed E-state index contributed by atoms with van der Waals surface area (Å²) in [5, 5.41) is 20.7. The van der Waals surface area contributed by atoms with Crippen molar-refractivity contribution < 1.29 is 19.6 Å². The number of aliphatic carboxylic acids is 1. The second-order valence-corrected chi connectivity index (χ2v) is 3.14. The van der Waals surface area contributed by atoms with Gasteiger partial charge in [-0.1, -0.05) is 0 Å². The number of carbonyl (C=O) groups is 1. The smallest absolute Gasteiger partial charge is 0.269 e. The van der Waals surface area contributed by atoms with Gasteiger partial charge in [-0.05, 0) is 17.7 Å². The summed E-state index contributed by atoms with van der Waals surface area (Å²) in [5.41, 5.74) is 0.569. The molecular formula is C9H6NO5-. The minimum absolute atomic E-state index is 0.0376. The summed E-state index contributed by atoms with van der Waals surface area (Å²) >= 11 is 0. The highest BCUT2D eigenvalue weighted by molar-refractivity contribution is 5.74. The zero-order chi connectivity index (χ0) is 11.0. The SMILES string of the molecule is O=C([O-])[C@@H]1O[C@H]1c1ccc([N+](=O)[O-])cc1. The number of carboxylic acid groups (broad SMARTS) is 1. The highest BCUT2D eigenvalue weighted by Gasteiger charge is 2.41. The number of nitro benzene ring substituents is 1. The molecule has 0 amide bonds. The van der Waals surface area contributed by atoms with Crippen LogP contribution in [0.1, 0.15) is 11.7 Å². The quantitative estimate of drug-likeness (QED) is 0.389. The Hall–Kier alpha value is -1.95. The van der Waals surface area contributed by atoms with Gasteiger partial charge >= 0.3 is 0 Å². The van der Waals surface area contributed by atoms with Crippen LogP contribution in [0.5, 0.6) is 0 Å². The average molecular weight is 208 g/mol. The van der Waals surface area contributed by atoms with Crippen LogP contribution in [0.15, 0.2) is 24.3 Å². The number of nitrogens with zero attached hydrogens (tertiary/aromatic N) is 1. The van der Waals surface area contributed by atoms with Gasteiger partial charge in [0.05, 0.1) is 10.9 Å². The third-order valence-electron chi connectivity index (χ3n) is 2.16. The summed E-state index contributed by atoms with van der Waals surface area (Å²) < 4.78 is 4.83. The molecule has 0 aromatic heterocycles. The van der Waals surface area contributed by atoms with Crippen LogP contribution >= 0.6 is 0 Å². The van der Waals surface area contributed by atoms with Crippen molar-refractivity contribution in [2.75, 3.05) is 0 Å². The average Bonchev–Trinajstić information content (AvgIpc) is 2.97. The Labute approximate surface area is 84.2 Å². The van der Waals surface area contributed by atoms with Gasteiger partial charge in [-0.25, -0.2) is 0 Å². The lowest BCUT2D eigenvalue weighted by atomic mass is 10.1. The second-order valence-electron chi connectivity index (χ2n) is 3.14. The molecule has 1 aromatic rings. The first kappa shape index (κ1) is 9.60. The van der Waals surface area contributed by atoms with Crippen molar-refractivity contribution in [1.29, 1.82) is 0 Å². The van der Waals surface area contributed by atoms with Gasteiger partial charge in [-0.15, -0.1) is 0 Å². The number of rotatable bonds is 3. The fraction of sp³-hybridized carbons (Fsp3) is 0.222. The fourth-order valence-corrected chi connectivity index (χ4v) is 1.33. The maximum absolute atomic E-state index is 10.4. The van der Waals surface area contributed by atoms with Crippen LogP contribution in [-0.4, -0.2) is 17.0 Å². The van der Waals surface area contributed by atoms with Crippen molar-refractivity contribution in [2.24, 2.45) is 0 Å². The first-order valence-electron chi connectivity index (χ1n) is 4.20. The third-order valence-corrected chi connectivity index (χ3v) is 2.16. The number of non-ortho nitro benzene ring substituents is 1. The number of carboxylic acids is 1. The van der Waals surface area contributed by atoms with E-state index in [2.05, 4.69) is 0 Å². The molecule has 0 radical (unpaired) electrons. The zero-order valence-corrected chi connectivity index (χ0v) is 7.45. The van der Waals surface area contributed by atoms with E-state index in [1.807, 2.05) is 0 Å². The number of epoxide rings is 1. The predicted molar refractivity (Wildman–Crippen MR) is 45.7 cm³/mol. The Morgan fingerprint density at radius 1 is 1.33 bits per heavy atom. The van der Waals surface area contributed by atoms with Gasteiger partial charge in [-0.2, -0.15) is 0 Å². The molecule has 1 aliphatic rings. The molecule has 0 aliphatic carbocycles. The predicted octanol–water partition coefficient (Wildman–Crippen LogP) is -0.215. The first-order chi connectivity index (χ1) is 7.09. The summed E-state index contributed by atoms with van der Waals surface area (Å²) in [6.45, 7) is 0. The molecule has 6 heteroatoms.